The van der Waals surface area contributed by atoms with Crippen LogP contribution in [0.3, 0.4) is 0 Å². The number of fused-ring (bicyclic) bond motifs is 1. The summed E-state index contributed by atoms with van der Waals surface area (Å²) in [6.45, 7) is 6.20. The van der Waals surface area contributed by atoms with Crippen molar-refractivity contribution in [3.63, 3.8) is 0 Å². The van der Waals surface area contributed by atoms with Gasteiger partial charge < -0.3 is 10.2 Å². The molecule has 1 saturated heterocycles. The molecule has 0 spiro atoms. The van der Waals surface area contributed by atoms with Crippen LogP contribution in [0.15, 0.2) is 54.7 Å². The zero-order chi connectivity index (χ0) is 18.6. The highest BCUT2D eigenvalue weighted by Crippen LogP contribution is 2.28. The first kappa shape index (κ1) is 17.7. The minimum Gasteiger partial charge on any atom is -0.353 e. The Hall–Kier alpha value is -2.66. The second-order valence-corrected chi connectivity index (χ2v) is 7.35. The Morgan fingerprint density at radius 2 is 2.00 bits per heavy atom. The van der Waals surface area contributed by atoms with Gasteiger partial charge in [-0.15, -0.1) is 0 Å². The van der Waals surface area contributed by atoms with Crippen molar-refractivity contribution >= 4 is 16.8 Å². The van der Waals surface area contributed by atoms with Crippen molar-refractivity contribution in [2.45, 2.75) is 25.8 Å². The number of benzene rings is 2. The lowest BCUT2D eigenvalue weighted by Gasteiger charge is -2.17. The monoisotopic (exact) mass is 362 g/mol. The van der Waals surface area contributed by atoms with Crippen LogP contribution >= 0.6 is 0 Å². The summed E-state index contributed by atoms with van der Waals surface area (Å²) in [6.07, 6.45) is 3.00. The molecule has 0 radical (unpaired) electrons. The predicted molar refractivity (Wildman–Crippen MR) is 108 cm³/mol. The third-order valence-electron chi connectivity index (χ3n) is 5.50. The average molecular weight is 362 g/mol. The number of carbonyl (C=O) groups excluding carboxylic acids is 1. The van der Waals surface area contributed by atoms with E-state index in [4.69, 9.17) is 0 Å². The zero-order valence-electron chi connectivity index (χ0n) is 15.8. The third kappa shape index (κ3) is 4.03. The van der Waals surface area contributed by atoms with Crippen LogP contribution in [0.5, 0.6) is 0 Å². The van der Waals surface area contributed by atoms with E-state index in [2.05, 4.69) is 46.5 Å². The molecule has 140 valence electrons. The Morgan fingerprint density at radius 3 is 2.89 bits per heavy atom. The molecule has 2 heterocycles. The Morgan fingerprint density at radius 1 is 1.19 bits per heavy atom. The predicted octanol–water partition coefficient (Wildman–Crippen LogP) is 2.95. The lowest BCUT2D eigenvalue weighted by molar-refractivity contribution is -0.121. The van der Waals surface area contributed by atoms with E-state index in [9.17, 15) is 4.79 Å². The van der Waals surface area contributed by atoms with E-state index in [1.807, 2.05) is 24.3 Å². The molecule has 0 unspecified atom stereocenters. The topological polar surface area (TPSA) is 50.2 Å². The van der Waals surface area contributed by atoms with Crippen LogP contribution < -0.4 is 5.32 Å². The van der Waals surface area contributed by atoms with Crippen LogP contribution in [0.4, 0.5) is 0 Å². The standard InChI is InChI=1S/C22H26N4O/c1-17-6-2-4-8-20(17)19-10-12-25(15-19)13-11-23-22(27)16-26-21-9-5-3-7-18(21)14-24-26/h2-9,14,19H,10-13,15-16H2,1H3,(H,23,27)/t19-/m0/s1. The van der Waals surface area contributed by atoms with Crippen molar-refractivity contribution in [1.29, 1.82) is 0 Å². The van der Waals surface area contributed by atoms with Gasteiger partial charge in [-0.1, -0.05) is 42.5 Å². The molecule has 1 N–H and O–H groups in total. The van der Waals surface area contributed by atoms with Crippen LogP contribution in [-0.4, -0.2) is 46.8 Å². The van der Waals surface area contributed by atoms with E-state index in [0.717, 1.165) is 30.5 Å². The van der Waals surface area contributed by atoms with Gasteiger partial charge in [0.1, 0.15) is 6.54 Å². The molecule has 27 heavy (non-hydrogen) atoms. The number of para-hydroxylation sites is 1. The number of likely N-dealkylation sites (tertiary alicyclic amines) is 1. The van der Waals surface area contributed by atoms with Crippen molar-refractivity contribution in [2.75, 3.05) is 26.2 Å². The molecule has 0 aliphatic carbocycles. The van der Waals surface area contributed by atoms with Gasteiger partial charge >= 0.3 is 0 Å². The lowest BCUT2D eigenvalue weighted by Crippen LogP contribution is -2.35. The van der Waals surface area contributed by atoms with E-state index in [1.165, 1.54) is 17.5 Å². The number of rotatable bonds is 6. The van der Waals surface area contributed by atoms with Crippen molar-refractivity contribution in [3.05, 3.63) is 65.9 Å². The fourth-order valence-electron chi connectivity index (χ4n) is 4.03. The summed E-state index contributed by atoms with van der Waals surface area (Å²) < 4.78 is 1.76. The van der Waals surface area contributed by atoms with E-state index in [1.54, 1.807) is 10.9 Å². The SMILES string of the molecule is Cc1ccccc1[C@H]1CCN(CCNC(=O)Cn2ncc3ccccc32)C1. The third-order valence-corrected chi connectivity index (χ3v) is 5.50. The van der Waals surface area contributed by atoms with Gasteiger partial charge in [0.25, 0.3) is 0 Å². The van der Waals surface area contributed by atoms with Crippen molar-refractivity contribution in [2.24, 2.45) is 0 Å². The number of aromatic nitrogens is 2. The number of amides is 1. The van der Waals surface area contributed by atoms with Gasteiger partial charge in [0.2, 0.25) is 5.91 Å². The molecule has 5 heteroatoms. The fraction of sp³-hybridized carbons (Fsp3) is 0.364. The number of hydrogen-bond donors (Lipinski definition) is 1. The molecule has 1 amide bonds. The summed E-state index contributed by atoms with van der Waals surface area (Å²) >= 11 is 0. The molecule has 2 aromatic carbocycles. The summed E-state index contributed by atoms with van der Waals surface area (Å²) in [4.78, 5) is 14.7. The molecule has 1 aliphatic rings. The van der Waals surface area contributed by atoms with E-state index < -0.39 is 0 Å². The van der Waals surface area contributed by atoms with Crippen LogP contribution in [-0.2, 0) is 11.3 Å². The maximum atomic E-state index is 12.3. The molecule has 1 aromatic heterocycles. The first-order valence-electron chi connectivity index (χ1n) is 9.66. The van der Waals surface area contributed by atoms with Crippen molar-refractivity contribution < 1.29 is 4.79 Å². The molecule has 1 aliphatic heterocycles. The molecule has 1 fully saturated rings. The quantitative estimate of drug-likeness (QED) is 0.733. The van der Waals surface area contributed by atoms with Crippen LogP contribution in [0.1, 0.15) is 23.5 Å². The lowest BCUT2D eigenvalue weighted by atomic mass is 9.94. The average Bonchev–Trinajstić information content (AvgIpc) is 3.30. The van der Waals surface area contributed by atoms with Gasteiger partial charge in [-0.25, -0.2) is 0 Å². The smallest absolute Gasteiger partial charge is 0.241 e. The van der Waals surface area contributed by atoms with Gasteiger partial charge in [-0.05, 0) is 43.0 Å². The van der Waals surface area contributed by atoms with Gasteiger partial charge in [-0.3, -0.25) is 9.48 Å². The highest BCUT2D eigenvalue weighted by atomic mass is 16.2. The van der Waals surface area contributed by atoms with E-state index in [0.29, 0.717) is 12.5 Å². The largest absolute Gasteiger partial charge is 0.353 e. The van der Waals surface area contributed by atoms with Crippen molar-refractivity contribution in [1.82, 2.24) is 20.0 Å². The zero-order valence-corrected chi connectivity index (χ0v) is 15.8. The summed E-state index contributed by atoms with van der Waals surface area (Å²) in [6, 6.07) is 16.6. The summed E-state index contributed by atoms with van der Waals surface area (Å²) in [7, 11) is 0. The van der Waals surface area contributed by atoms with Gasteiger partial charge in [0.15, 0.2) is 0 Å². The molecule has 0 saturated carbocycles. The van der Waals surface area contributed by atoms with Gasteiger partial charge in [0, 0.05) is 25.0 Å². The number of aryl methyl sites for hydroxylation is 1. The first-order chi connectivity index (χ1) is 13.2. The van der Waals surface area contributed by atoms with Gasteiger partial charge in [-0.2, -0.15) is 5.10 Å². The van der Waals surface area contributed by atoms with E-state index in [-0.39, 0.29) is 12.5 Å². The molecule has 4 rings (SSSR count). The Kier molecular flexibility index (Phi) is 5.21. The second-order valence-electron chi connectivity index (χ2n) is 7.35. The number of carbonyl (C=O) groups is 1. The van der Waals surface area contributed by atoms with Gasteiger partial charge in [0.05, 0.1) is 11.7 Å². The summed E-state index contributed by atoms with van der Waals surface area (Å²) in [5.74, 6) is 0.621. The molecule has 3 aromatic rings. The minimum absolute atomic E-state index is 0.0125. The van der Waals surface area contributed by atoms with Crippen LogP contribution in [0, 0.1) is 6.92 Å². The molecular formula is C22H26N4O. The van der Waals surface area contributed by atoms with Crippen LogP contribution in [0.2, 0.25) is 0 Å². The maximum Gasteiger partial charge on any atom is 0.241 e. The number of hydrogen-bond acceptors (Lipinski definition) is 3. The number of nitrogens with one attached hydrogen (secondary N) is 1. The van der Waals surface area contributed by atoms with Crippen molar-refractivity contribution in [3.8, 4) is 0 Å². The molecular weight excluding hydrogens is 336 g/mol. The minimum atomic E-state index is 0.0125. The number of nitrogens with zero attached hydrogens (tertiary/aromatic N) is 3. The highest BCUT2D eigenvalue weighted by Gasteiger charge is 2.24. The fourth-order valence-corrected chi connectivity index (χ4v) is 4.03. The normalized spacial score (nSPS) is 17.4. The Labute approximate surface area is 160 Å². The second kappa shape index (κ2) is 7.92. The van der Waals surface area contributed by atoms with E-state index >= 15 is 0 Å². The molecule has 0 bridgehead atoms. The summed E-state index contributed by atoms with van der Waals surface area (Å²) in [5.41, 5.74) is 3.84. The van der Waals surface area contributed by atoms with Crippen LogP contribution in [0.25, 0.3) is 10.9 Å². The Balaban J connectivity index is 1.24. The highest BCUT2D eigenvalue weighted by molar-refractivity contribution is 5.81. The first-order valence-corrected chi connectivity index (χ1v) is 9.66. The Bertz CT molecular complexity index is 933. The summed E-state index contributed by atoms with van der Waals surface area (Å²) in [5, 5.41) is 8.41. The maximum absolute atomic E-state index is 12.3. The molecule has 5 nitrogen and oxygen atoms in total. The molecule has 1 atom stereocenters.